The molecule has 2 aliphatic heterocycles. The molecule has 4 atom stereocenters. The molecule has 0 aliphatic carbocycles. The first kappa shape index (κ1) is 19.4. The van der Waals surface area contributed by atoms with E-state index in [4.69, 9.17) is 14.2 Å². The molecule has 2 heterocycles. The highest BCUT2D eigenvalue weighted by Gasteiger charge is 2.53. The molecule has 2 aromatic rings. The Morgan fingerprint density at radius 2 is 1.96 bits per heavy atom. The van der Waals surface area contributed by atoms with Crippen molar-refractivity contribution in [3.63, 3.8) is 0 Å². The molecule has 0 saturated carbocycles. The number of aliphatic hydroxyl groups is 2. The van der Waals surface area contributed by atoms with Gasteiger partial charge in [0.1, 0.15) is 17.5 Å². The largest absolute Gasteiger partial charge is 0.494 e. The molecule has 4 rings (SSSR count). The number of hydrogen-bond acceptors (Lipinski definition) is 5. The number of aryl methyl sites for hydroxylation is 1. The van der Waals surface area contributed by atoms with Gasteiger partial charge in [-0.05, 0) is 54.7 Å². The van der Waals surface area contributed by atoms with Crippen molar-refractivity contribution in [3.8, 4) is 5.75 Å². The summed E-state index contributed by atoms with van der Waals surface area (Å²) >= 11 is 0. The lowest BCUT2D eigenvalue weighted by molar-refractivity contribution is -0.207. The van der Waals surface area contributed by atoms with Crippen LogP contribution in [-0.4, -0.2) is 47.8 Å². The van der Waals surface area contributed by atoms with E-state index in [0.29, 0.717) is 19.6 Å². The zero-order valence-electron chi connectivity index (χ0n) is 16.4. The van der Waals surface area contributed by atoms with Gasteiger partial charge in [-0.2, -0.15) is 0 Å². The summed E-state index contributed by atoms with van der Waals surface area (Å²) in [6, 6.07) is 14.5. The molecule has 2 saturated heterocycles. The van der Waals surface area contributed by atoms with Crippen molar-refractivity contribution < 1.29 is 24.4 Å². The predicted octanol–water partition coefficient (Wildman–Crippen LogP) is 2.94. The molecule has 2 aromatic carbocycles. The smallest absolute Gasteiger partial charge is 0.142 e. The molecule has 2 fully saturated rings. The minimum Gasteiger partial charge on any atom is -0.494 e. The van der Waals surface area contributed by atoms with Crippen LogP contribution in [0.25, 0.3) is 0 Å². The van der Waals surface area contributed by atoms with E-state index in [1.54, 1.807) is 0 Å². The van der Waals surface area contributed by atoms with Crippen LogP contribution in [0, 0.1) is 6.92 Å². The maximum absolute atomic E-state index is 10.6. The molecule has 2 aliphatic rings. The highest BCUT2D eigenvalue weighted by Crippen LogP contribution is 2.40. The van der Waals surface area contributed by atoms with Crippen LogP contribution in [-0.2, 0) is 15.9 Å². The van der Waals surface area contributed by atoms with E-state index in [0.717, 1.165) is 17.7 Å². The van der Waals surface area contributed by atoms with Crippen molar-refractivity contribution in [3.05, 3.63) is 64.7 Å². The lowest BCUT2D eigenvalue weighted by Crippen LogP contribution is -2.56. The maximum Gasteiger partial charge on any atom is 0.142 e. The molecular formula is C23H28O5. The van der Waals surface area contributed by atoms with E-state index in [1.807, 2.05) is 19.1 Å². The second-order valence-electron chi connectivity index (χ2n) is 7.81. The molecule has 0 aromatic heterocycles. The van der Waals surface area contributed by atoms with E-state index in [9.17, 15) is 10.2 Å². The Labute approximate surface area is 165 Å². The van der Waals surface area contributed by atoms with Crippen LogP contribution in [0.15, 0.2) is 42.5 Å². The van der Waals surface area contributed by atoms with Crippen LogP contribution in [0.5, 0.6) is 5.75 Å². The molecule has 4 unspecified atom stereocenters. The summed E-state index contributed by atoms with van der Waals surface area (Å²) in [5.41, 5.74) is 3.40. The predicted molar refractivity (Wildman–Crippen MR) is 106 cm³/mol. The van der Waals surface area contributed by atoms with Crippen molar-refractivity contribution >= 4 is 0 Å². The molecule has 2 N–H and O–H groups in total. The summed E-state index contributed by atoms with van der Waals surface area (Å²) in [6.07, 6.45) is -0.409. The number of fused-ring (bicyclic) bond motifs is 1. The first-order valence-corrected chi connectivity index (χ1v) is 9.94. The van der Waals surface area contributed by atoms with Crippen molar-refractivity contribution in [2.24, 2.45) is 0 Å². The molecule has 0 radical (unpaired) electrons. The minimum atomic E-state index is -1.29. The van der Waals surface area contributed by atoms with E-state index < -0.39 is 17.8 Å². The summed E-state index contributed by atoms with van der Waals surface area (Å²) in [6.45, 7) is 5.19. The van der Waals surface area contributed by atoms with Gasteiger partial charge in [0.15, 0.2) is 0 Å². The van der Waals surface area contributed by atoms with Crippen molar-refractivity contribution in [1.29, 1.82) is 0 Å². The second-order valence-corrected chi connectivity index (χ2v) is 7.81. The maximum atomic E-state index is 10.6. The Bertz CT molecular complexity index is 818. The Balaban J connectivity index is 1.52. The van der Waals surface area contributed by atoms with Crippen LogP contribution in [0.1, 0.15) is 41.7 Å². The van der Waals surface area contributed by atoms with Gasteiger partial charge in [-0.15, -0.1) is 0 Å². The first-order chi connectivity index (χ1) is 13.5. The average molecular weight is 384 g/mol. The average Bonchev–Trinajstić information content (AvgIpc) is 3.08. The summed E-state index contributed by atoms with van der Waals surface area (Å²) < 4.78 is 17.0. The van der Waals surface area contributed by atoms with Gasteiger partial charge in [-0.25, -0.2) is 0 Å². The molecule has 5 nitrogen and oxygen atoms in total. The highest BCUT2D eigenvalue weighted by molar-refractivity contribution is 5.38. The second kappa shape index (κ2) is 7.84. The zero-order chi connectivity index (χ0) is 19.7. The molecule has 28 heavy (non-hydrogen) atoms. The third-order valence-electron chi connectivity index (χ3n) is 5.88. The topological polar surface area (TPSA) is 68.2 Å². The number of hydrogen-bond donors (Lipinski definition) is 2. The van der Waals surface area contributed by atoms with Crippen LogP contribution in [0.2, 0.25) is 0 Å². The number of benzene rings is 2. The van der Waals surface area contributed by atoms with Crippen LogP contribution >= 0.6 is 0 Å². The number of ether oxygens (including phenoxy) is 3. The van der Waals surface area contributed by atoms with Gasteiger partial charge in [0.2, 0.25) is 0 Å². The molecule has 0 bridgehead atoms. The molecule has 150 valence electrons. The number of aliphatic hydroxyl groups excluding tert-OH is 1. The quantitative estimate of drug-likeness (QED) is 0.830. The van der Waals surface area contributed by atoms with E-state index >= 15 is 0 Å². The third kappa shape index (κ3) is 3.67. The summed E-state index contributed by atoms with van der Waals surface area (Å²) in [7, 11) is 0. The minimum absolute atomic E-state index is 0.127. The standard InChI is InChI=1S/C23H28O5/c1-3-27-19-8-5-16(6-9-19)10-18-11-17(7-4-15(18)2)20-12-21(24)23(25)14-26-13-22(23)28-20/h4-9,11,20-22,24-25H,3,10,12-14H2,1-2H3. The fourth-order valence-corrected chi connectivity index (χ4v) is 4.08. The van der Waals surface area contributed by atoms with Crippen LogP contribution in [0.4, 0.5) is 0 Å². The lowest BCUT2D eigenvalue weighted by atomic mass is 9.84. The zero-order valence-corrected chi connectivity index (χ0v) is 16.4. The fraction of sp³-hybridized carbons (Fsp3) is 0.478. The van der Waals surface area contributed by atoms with E-state index in [1.165, 1.54) is 16.7 Å². The van der Waals surface area contributed by atoms with E-state index in [2.05, 4.69) is 37.3 Å². The monoisotopic (exact) mass is 384 g/mol. The molecular weight excluding hydrogens is 356 g/mol. The Kier molecular flexibility index (Phi) is 5.43. The van der Waals surface area contributed by atoms with Gasteiger partial charge >= 0.3 is 0 Å². The SMILES string of the molecule is CCOc1ccc(Cc2cc(C3CC(O)C4(O)COCC4O3)ccc2C)cc1. The van der Waals surface area contributed by atoms with Gasteiger partial charge in [0.05, 0.1) is 32.0 Å². The summed E-state index contributed by atoms with van der Waals surface area (Å²) in [5.74, 6) is 0.882. The number of rotatable bonds is 5. The van der Waals surface area contributed by atoms with Crippen LogP contribution < -0.4 is 4.74 Å². The third-order valence-corrected chi connectivity index (χ3v) is 5.88. The Morgan fingerprint density at radius 3 is 2.71 bits per heavy atom. The first-order valence-electron chi connectivity index (χ1n) is 9.94. The van der Waals surface area contributed by atoms with Crippen LogP contribution in [0.3, 0.4) is 0 Å². The van der Waals surface area contributed by atoms with Gasteiger partial charge in [-0.3, -0.25) is 0 Å². The fourth-order valence-electron chi connectivity index (χ4n) is 4.08. The van der Waals surface area contributed by atoms with Crippen molar-refractivity contribution in [2.45, 2.75) is 50.6 Å². The molecule has 0 amide bonds. The lowest BCUT2D eigenvalue weighted by Gasteiger charge is -2.41. The molecule has 5 heteroatoms. The van der Waals surface area contributed by atoms with E-state index in [-0.39, 0.29) is 12.7 Å². The van der Waals surface area contributed by atoms with Crippen molar-refractivity contribution in [1.82, 2.24) is 0 Å². The van der Waals surface area contributed by atoms with Gasteiger partial charge in [0, 0.05) is 6.42 Å². The molecule has 0 spiro atoms. The normalized spacial score (nSPS) is 29.5. The summed E-state index contributed by atoms with van der Waals surface area (Å²) in [4.78, 5) is 0. The Hall–Kier alpha value is -1.92. The van der Waals surface area contributed by atoms with Gasteiger partial charge < -0.3 is 24.4 Å². The highest BCUT2D eigenvalue weighted by atomic mass is 16.6. The Morgan fingerprint density at radius 1 is 1.18 bits per heavy atom. The van der Waals surface area contributed by atoms with Crippen molar-refractivity contribution in [2.75, 3.05) is 19.8 Å². The summed E-state index contributed by atoms with van der Waals surface area (Å²) in [5, 5.41) is 21.1. The van der Waals surface area contributed by atoms with Gasteiger partial charge in [0.25, 0.3) is 0 Å². The van der Waals surface area contributed by atoms with Gasteiger partial charge in [-0.1, -0.05) is 30.3 Å².